The minimum Gasteiger partial charge on any atom is -0.493 e. The summed E-state index contributed by atoms with van der Waals surface area (Å²) in [4.78, 5) is 14.1. The Labute approximate surface area is 140 Å². The molecule has 4 heteroatoms. The summed E-state index contributed by atoms with van der Waals surface area (Å²) in [5.74, 6) is -0.869. The Morgan fingerprint density at radius 2 is 2.50 bits per heavy atom. The largest absolute Gasteiger partial charge is 0.493 e. The van der Waals surface area contributed by atoms with Gasteiger partial charge in [0.15, 0.2) is 23.4 Å². The summed E-state index contributed by atoms with van der Waals surface area (Å²) >= 11 is 0. The lowest BCUT2D eigenvalue weighted by molar-refractivity contribution is -0.138. The summed E-state index contributed by atoms with van der Waals surface area (Å²) in [6, 6.07) is -2.02. The molecule has 1 saturated heterocycles. The van der Waals surface area contributed by atoms with E-state index in [1.807, 2.05) is 0 Å². The van der Waals surface area contributed by atoms with Crippen LogP contribution in [0.1, 0.15) is 40.0 Å². The third-order valence-corrected chi connectivity index (χ3v) is 5.67. The van der Waals surface area contributed by atoms with Crippen LogP contribution in [0.5, 0.6) is 11.5 Å². The number of hydrogen-bond acceptors (Lipinski definition) is 4. The number of Topliss-reactive ketones (excluding diaryl/α,β-unsaturated/α-hetero) is 1. The summed E-state index contributed by atoms with van der Waals surface area (Å²) < 4.78 is 70.4. The molecule has 0 aromatic heterocycles. The Morgan fingerprint density at radius 1 is 1.59 bits per heavy atom. The predicted molar refractivity (Wildman–Crippen MR) is 81.6 cm³/mol. The van der Waals surface area contributed by atoms with Gasteiger partial charge in [-0.2, -0.15) is 0 Å². The molecule has 2 aliphatic heterocycles. The zero-order valence-electron chi connectivity index (χ0n) is 19.3. The van der Waals surface area contributed by atoms with Crippen LogP contribution in [0, 0.1) is 5.92 Å². The highest BCUT2D eigenvalue weighted by molar-refractivity contribution is 5.89. The fourth-order valence-corrected chi connectivity index (χ4v) is 4.81. The van der Waals surface area contributed by atoms with E-state index in [1.165, 1.54) is 12.0 Å². The number of carbonyl (C=O) groups is 1. The molecular weight excluding hydrogens is 278 g/mol. The van der Waals surface area contributed by atoms with Gasteiger partial charge in [-0.15, -0.1) is 0 Å². The van der Waals surface area contributed by atoms with E-state index in [4.69, 9.17) is 17.7 Å². The molecule has 2 heterocycles. The van der Waals surface area contributed by atoms with E-state index in [-0.39, 0.29) is 55.8 Å². The van der Waals surface area contributed by atoms with Crippen LogP contribution in [-0.4, -0.2) is 43.4 Å². The SMILES string of the molecule is [2H]c1c([2H])c(OC)c2c3c1C[C@]1([2H])[C@@H]4CCC(=O)C([2H])(O2)[C@]34CCN1C([2H])([2H])[2H]. The molecule has 0 N–H and O–H groups in total. The molecule has 0 radical (unpaired) electrons. The van der Waals surface area contributed by atoms with Gasteiger partial charge < -0.3 is 14.4 Å². The third-order valence-electron chi connectivity index (χ3n) is 5.67. The van der Waals surface area contributed by atoms with Crippen LogP contribution in [0.4, 0.5) is 0 Å². The fraction of sp³-hybridized carbons (Fsp3) is 0.611. The van der Waals surface area contributed by atoms with Gasteiger partial charge in [-0.3, -0.25) is 4.79 Å². The van der Waals surface area contributed by atoms with Crippen molar-refractivity contribution in [3.63, 3.8) is 0 Å². The van der Waals surface area contributed by atoms with Crippen molar-refractivity contribution >= 4 is 5.78 Å². The van der Waals surface area contributed by atoms with Crippen molar-refractivity contribution in [2.45, 2.75) is 43.2 Å². The maximum absolute atomic E-state index is 13.0. The smallest absolute Gasteiger partial charge is 0.174 e. The van der Waals surface area contributed by atoms with Crippen LogP contribution >= 0.6 is 0 Å². The van der Waals surface area contributed by atoms with E-state index < -0.39 is 36.2 Å². The van der Waals surface area contributed by atoms with Crippen molar-refractivity contribution in [1.29, 1.82) is 0 Å². The highest BCUT2D eigenvalue weighted by Gasteiger charge is 2.65. The van der Waals surface area contributed by atoms with Crippen LogP contribution < -0.4 is 9.47 Å². The molecule has 2 bridgehead atoms. The zero-order valence-corrected chi connectivity index (χ0v) is 12.3. The molecule has 1 aromatic rings. The van der Waals surface area contributed by atoms with Crippen LogP contribution in [-0.2, 0) is 16.6 Å². The number of ketones is 1. The number of carbonyl (C=O) groups excluding carboxylic acids is 1. The van der Waals surface area contributed by atoms with E-state index in [2.05, 4.69) is 0 Å². The average molecular weight is 306 g/mol. The van der Waals surface area contributed by atoms with Crippen molar-refractivity contribution < 1.29 is 23.9 Å². The lowest BCUT2D eigenvalue weighted by atomic mass is 9.52. The molecule has 116 valence electrons. The molecule has 22 heavy (non-hydrogen) atoms. The first-order valence-electron chi connectivity index (χ1n) is 11.1. The molecular formula is C18H21NO3. The van der Waals surface area contributed by atoms with Gasteiger partial charge in [0.1, 0.15) is 0 Å². The summed E-state index contributed by atoms with van der Waals surface area (Å²) in [7, 11) is 1.35. The average Bonchev–Trinajstić information content (AvgIpc) is 2.88. The third kappa shape index (κ3) is 1.27. The second-order valence-corrected chi connectivity index (χ2v) is 6.45. The second-order valence-electron chi connectivity index (χ2n) is 6.45. The quantitative estimate of drug-likeness (QED) is 0.795. The number of ether oxygens (including phenoxy) is 2. The highest BCUT2D eigenvalue weighted by atomic mass is 16.5. The Balaban J connectivity index is 1.89. The Bertz CT molecular complexity index is 966. The minimum atomic E-state index is -2.52. The van der Waals surface area contributed by atoms with E-state index in [0.29, 0.717) is 11.1 Å². The Hall–Kier alpha value is -1.55. The van der Waals surface area contributed by atoms with E-state index in [1.54, 1.807) is 0 Å². The van der Waals surface area contributed by atoms with Crippen molar-refractivity contribution in [1.82, 2.24) is 4.90 Å². The molecule has 0 amide bonds. The molecule has 4 nitrogen and oxygen atoms in total. The second kappa shape index (κ2) is 4.05. The number of rotatable bonds is 1. The van der Waals surface area contributed by atoms with Gasteiger partial charge in [-0.05, 0) is 50.3 Å². The fourth-order valence-electron chi connectivity index (χ4n) is 4.81. The predicted octanol–water partition coefficient (Wildman–Crippen LogP) is 1.93. The van der Waals surface area contributed by atoms with Crippen LogP contribution in [0.3, 0.4) is 0 Å². The number of nitrogens with zero attached hydrogens (tertiary/aromatic N) is 1. The normalized spacial score (nSPS) is 50.3. The van der Waals surface area contributed by atoms with Crippen molar-refractivity contribution in [2.24, 2.45) is 5.92 Å². The monoisotopic (exact) mass is 306 g/mol. The number of likely N-dealkylation sites (tertiary alicyclic amines) is 1. The summed E-state index contributed by atoms with van der Waals surface area (Å²) in [6.45, 7) is -2.50. The van der Waals surface area contributed by atoms with Crippen LogP contribution in [0.15, 0.2) is 12.1 Å². The minimum absolute atomic E-state index is 0.0188. The Kier molecular flexibility index (Phi) is 1.44. The first-order chi connectivity index (χ1) is 13.4. The van der Waals surface area contributed by atoms with E-state index in [9.17, 15) is 6.17 Å². The van der Waals surface area contributed by atoms with Crippen LogP contribution in [0.2, 0.25) is 0 Å². The number of methoxy groups -OCH3 is 1. The number of likely N-dealkylation sites (N-methyl/N-ethyl adjacent to an activating group) is 1. The highest BCUT2D eigenvalue weighted by Crippen LogP contribution is 2.62. The molecule has 2 aliphatic carbocycles. The molecule has 1 aromatic carbocycles. The number of hydrogen-bond donors (Lipinski definition) is 0. The molecule has 1 saturated carbocycles. The molecule has 2 fully saturated rings. The van der Waals surface area contributed by atoms with Crippen molar-refractivity contribution in [2.75, 3.05) is 20.6 Å². The zero-order chi connectivity index (χ0) is 21.1. The summed E-state index contributed by atoms with van der Waals surface area (Å²) in [6.07, 6.45) is -1.60. The molecule has 1 spiro atoms. The van der Waals surface area contributed by atoms with Crippen LogP contribution in [0.25, 0.3) is 0 Å². The van der Waals surface area contributed by atoms with Gasteiger partial charge >= 0.3 is 0 Å². The first kappa shape index (κ1) is 7.82. The van der Waals surface area contributed by atoms with Gasteiger partial charge in [-0.1, -0.05) is 6.04 Å². The lowest BCUT2D eigenvalue weighted by Crippen LogP contribution is -2.65. The molecule has 4 atom stereocenters. The summed E-state index contributed by atoms with van der Waals surface area (Å²) in [5, 5.41) is 0. The number of piperidine rings is 1. The van der Waals surface area contributed by atoms with E-state index >= 15 is 0 Å². The Morgan fingerprint density at radius 3 is 3.32 bits per heavy atom. The standard InChI is InChI=1S/C18H21NO3/c1-19-8-7-18-11-4-5-13(20)17(18)22-16-14(21-2)6-3-10(15(16)18)9-12(11)19/h3,6,11-12,17H,4-5,7-9H2,1-2H3/t11-,12+,17?,18-/m0/s1/i1D3,3D,6D,12D,17D. The lowest BCUT2D eigenvalue weighted by Gasteiger charge is -2.57. The maximum Gasteiger partial charge on any atom is 0.174 e. The number of benzene rings is 1. The van der Waals surface area contributed by atoms with Gasteiger partial charge in [-0.25, -0.2) is 0 Å². The van der Waals surface area contributed by atoms with Crippen molar-refractivity contribution in [3.8, 4) is 11.5 Å². The van der Waals surface area contributed by atoms with E-state index in [0.717, 1.165) is 0 Å². The van der Waals surface area contributed by atoms with Gasteiger partial charge in [0, 0.05) is 28.9 Å². The molecule has 5 rings (SSSR count). The molecule has 4 aliphatic rings. The first-order valence-corrected chi connectivity index (χ1v) is 7.64. The summed E-state index contributed by atoms with van der Waals surface area (Å²) in [5.41, 5.74) is -0.378. The maximum atomic E-state index is 13.0. The topological polar surface area (TPSA) is 38.8 Å². The molecule has 1 unspecified atom stereocenters. The van der Waals surface area contributed by atoms with Gasteiger partial charge in [0.2, 0.25) is 0 Å². The van der Waals surface area contributed by atoms with Gasteiger partial charge in [0.25, 0.3) is 0 Å². The van der Waals surface area contributed by atoms with Gasteiger partial charge in [0.05, 0.1) is 11.2 Å². The van der Waals surface area contributed by atoms with Crippen molar-refractivity contribution in [3.05, 3.63) is 23.2 Å².